The number of nitrogens with one attached hydrogen (secondary N) is 3. The number of carbonyl (C=O) groups excluding carboxylic acids is 2. The molecule has 4 rings (SSSR count). The molecule has 1 aliphatic rings. The van der Waals surface area contributed by atoms with Gasteiger partial charge in [0.25, 0.3) is 0 Å². The quantitative estimate of drug-likeness (QED) is 0.662. The summed E-state index contributed by atoms with van der Waals surface area (Å²) in [7, 11) is 0. The van der Waals surface area contributed by atoms with Gasteiger partial charge < -0.3 is 20.5 Å². The highest BCUT2D eigenvalue weighted by Gasteiger charge is 2.23. The van der Waals surface area contributed by atoms with E-state index in [1.165, 1.54) is 10.9 Å². The highest BCUT2D eigenvalue weighted by atomic mass is 16.2. The number of fused-ring (bicyclic) bond motifs is 3. The van der Waals surface area contributed by atoms with Gasteiger partial charge >= 0.3 is 6.03 Å². The van der Waals surface area contributed by atoms with Crippen molar-refractivity contribution in [3.8, 4) is 0 Å². The molecule has 0 saturated carbocycles. The Hall–Kier alpha value is -3.35. The van der Waals surface area contributed by atoms with Crippen LogP contribution in [0.4, 0.5) is 4.79 Å². The SMILES string of the molecule is O=C(CNC(=O)N1CCc2c([nH]c3ccccc23)C1)NCc1ccncc1. The number of carbonyl (C=O) groups is 2. The Morgan fingerprint density at radius 2 is 1.93 bits per heavy atom. The smallest absolute Gasteiger partial charge is 0.318 e. The van der Waals surface area contributed by atoms with Crippen LogP contribution >= 0.6 is 0 Å². The normalized spacial score (nSPS) is 13.3. The van der Waals surface area contributed by atoms with Gasteiger partial charge in [-0.2, -0.15) is 0 Å². The van der Waals surface area contributed by atoms with Crippen LogP contribution in [0.15, 0.2) is 48.8 Å². The summed E-state index contributed by atoms with van der Waals surface area (Å²) in [4.78, 5) is 33.4. The Kier molecular flexibility index (Phi) is 4.74. The van der Waals surface area contributed by atoms with E-state index in [-0.39, 0.29) is 18.5 Å². The summed E-state index contributed by atoms with van der Waals surface area (Å²) in [6.07, 6.45) is 4.16. The summed E-state index contributed by atoms with van der Waals surface area (Å²) in [5.41, 5.74) is 4.41. The summed E-state index contributed by atoms with van der Waals surface area (Å²) in [6, 6.07) is 11.6. The zero-order valence-electron chi connectivity index (χ0n) is 14.9. The van der Waals surface area contributed by atoms with Crippen molar-refractivity contribution in [2.24, 2.45) is 0 Å². The van der Waals surface area contributed by atoms with Crippen molar-refractivity contribution >= 4 is 22.8 Å². The second kappa shape index (κ2) is 7.49. The van der Waals surface area contributed by atoms with Crippen molar-refractivity contribution < 1.29 is 9.59 Å². The maximum atomic E-state index is 12.4. The minimum Gasteiger partial charge on any atom is -0.357 e. The van der Waals surface area contributed by atoms with E-state index >= 15 is 0 Å². The van der Waals surface area contributed by atoms with Crippen molar-refractivity contribution in [1.82, 2.24) is 25.5 Å². The molecule has 7 heteroatoms. The molecule has 0 fully saturated rings. The fourth-order valence-electron chi connectivity index (χ4n) is 3.40. The van der Waals surface area contributed by atoms with Crippen molar-refractivity contribution in [1.29, 1.82) is 0 Å². The molecule has 0 unspecified atom stereocenters. The summed E-state index contributed by atoms with van der Waals surface area (Å²) in [5.74, 6) is -0.219. The molecule has 1 aliphatic heterocycles. The zero-order chi connectivity index (χ0) is 18.6. The second-order valence-corrected chi connectivity index (χ2v) is 6.59. The van der Waals surface area contributed by atoms with Gasteiger partial charge in [0.1, 0.15) is 0 Å². The van der Waals surface area contributed by atoms with E-state index in [0.29, 0.717) is 19.6 Å². The lowest BCUT2D eigenvalue weighted by Crippen LogP contribution is -2.46. The van der Waals surface area contributed by atoms with E-state index in [1.807, 2.05) is 30.3 Å². The Labute approximate surface area is 156 Å². The minimum atomic E-state index is -0.224. The number of hydrogen-bond donors (Lipinski definition) is 3. The first-order chi connectivity index (χ1) is 13.2. The van der Waals surface area contributed by atoms with E-state index in [2.05, 4.69) is 26.7 Å². The van der Waals surface area contributed by atoms with E-state index in [9.17, 15) is 9.59 Å². The van der Waals surface area contributed by atoms with Crippen LogP contribution in [0.5, 0.6) is 0 Å². The molecule has 2 aromatic heterocycles. The zero-order valence-corrected chi connectivity index (χ0v) is 14.9. The molecular formula is C20H21N5O2. The summed E-state index contributed by atoms with van der Waals surface area (Å²) in [6.45, 7) is 1.53. The van der Waals surface area contributed by atoms with Crippen molar-refractivity contribution in [2.75, 3.05) is 13.1 Å². The number of nitrogens with zero attached hydrogens (tertiary/aromatic N) is 2. The topological polar surface area (TPSA) is 90.1 Å². The minimum absolute atomic E-state index is 0.0417. The molecule has 3 aromatic rings. The average Bonchev–Trinajstić information content (AvgIpc) is 3.09. The van der Waals surface area contributed by atoms with Crippen LogP contribution in [0, 0.1) is 0 Å². The number of aromatic amines is 1. The molecule has 0 spiro atoms. The molecule has 3 amide bonds. The summed E-state index contributed by atoms with van der Waals surface area (Å²) >= 11 is 0. The van der Waals surface area contributed by atoms with Gasteiger partial charge in [-0.25, -0.2) is 4.79 Å². The monoisotopic (exact) mass is 363 g/mol. The van der Waals surface area contributed by atoms with Gasteiger partial charge in [-0.15, -0.1) is 0 Å². The number of amides is 3. The van der Waals surface area contributed by atoms with E-state index in [1.54, 1.807) is 17.3 Å². The van der Waals surface area contributed by atoms with Gasteiger partial charge in [0.05, 0.1) is 13.1 Å². The van der Waals surface area contributed by atoms with E-state index < -0.39 is 0 Å². The fraction of sp³-hybridized carbons (Fsp3) is 0.250. The molecular weight excluding hydrogens is 342 g/mol. The molecule has 138 valence electrons. The van der Waals surface area contributed by atoms with Crippen LogP contribution in [0.2, 0.25) is 0 Å². The van der Waals surface area contributed by atoms with Gasteiger partial charge in [-0.1, -0.05) is 18.2 Å². The molecule has 7 nitrogen and oxygen atoms in total. The molecule has 3 N–H and O–H groups in total. The predicted molar refractivity (Wildman–Crippen MR) is 102 cm³/mol. The van der Waals surface area contributed by atoms with Gasteiger partial charge in [-0.05, 0) is 35.7 Å². The van der Waals surface area contributed by atoms with Crippen molar-refractivity contribution in [3.63, 3.8) is 0 Å². The largest absolute Gasteiger partial charge is 0.357 e. The van der Waals surface area contributed by atoms with Crippen LogP contribution in [0.1, 0.15) is 16.8 Å². The predicted octanol–water partition coefficient (Wildman–Crippen LogP) is 1.95. The third-order valence-corrected chi connectivity index (χ3v) is 4.81. The summed E-state index contributed by atoms with van der Waals surface area (Å²) in [5, 5.41) is 6.71. The number of benzene rings is 1. The number of aromatic nitrogens is 2. The maximum absolute atomic E-state index is 12.4. The number of hydrogen-bond acceptors (Lipinski definition) is 3. The van der Waals surface area contributed by atoms with Gasteiger partial charge in [0.2, 0.25) is 5.91 Å². The Morgan fingerprint density at radius 3 is 2.78 bits per heavy atom. The number of H-pyrrole nitrogens is 1. The highest BCUT2D eigenvalue weighted by molar-refractivity contribution is 5.86. The first kappa shape index (κ1) is 17.1. The number of rotatable bonds is 4. The first-order valence-corrected chi connectivity index (χ1v) is 8.97. The fourth-order valence-corrected chi connectivity index (χ4v) is 3.40. The van der Waals surface area contributed by atoms with Crippen LogP contribution in [0.25, 0.3) is 10.9 Å². The lowest BCUT2D eigenvalue weighted by atomic mass is 10.0. The van der Waals surface area contributed by atoms with Gasteiger partial charge in [0.15, 0.2) is 0 Å². The highest BCUT2D eigenvalue weighted by Crippen LogP contribution is 2.27. The Morgan fingerprint density at radius 1 is 1.11 bits per heavy atom. The Balaban J connectivity index is 1.29. The third-order valence-electron chi connectivity index (χ3n) is 4.81. The molecule has 3 heterocycles. The molecule has 0 saturated heterocycles. The second-order valence-electron chi connectivity index (χ2n) is 6.59. The van der Waals surface area contributed by atoms with Crippen LogP contribution in [-0.4, -0.2) is 39.9 Å². The standard InChI is InChI=1S/C20H21N5O2/c26-19(22-11-14-5-8-21-9-6-14)12-23-20(27)25-10-7-16-15-3-1-2-4-17(15)24-18(16)13-25/h1-6,8-9,24H,7,10-13H2,(H,22,26)(H,23,27). The third kappa shape index (κ3) is 3.76. The summed E-state index contributed by atoms with van der Waals surface area (Å²) < 4.78 is 0. The molecule has 0 radical (unpaired) electrons. The van der Waals surface area contributed by atoms with Crippen LogP contribution in [0.3, 0.4) is 0 Å². The maximum Gasteiger partial charge on any atom is 0.318 e. The van der Waals surface area contributed by atoms with Gasteiger partial charge in [-0.3, -0.25) is 9.78 Å². The molecule has 1 aromatic carbocycles. The van der Waals surface area contributed by atoms with Gasteiger partial charge in [0, 0.05) is 42.1 Å². The number of pyridine rings is 1. The molecule has 0 aliphatic carbocycles. The number of para-hydroxylation sites is 1. The van der Waals surface area contributed by atoms with Crippen molar-refractivity contribution in [2.45, 2.75) is 19.5 Å². The van der Waals surface area contributed by atoms with Crippen LogP contribution in [-0.2, 0) is 24.3 Å². The first-order valence-electron chi connectivity index (χ1n) is 8.97. The average molecular weight is 363 g/mol. The van der Waals surface area contributed by atoms with E-state index in [4.69, 9.17) is 0 Å². The van der Waals surface area contributed by atoms with Crippen LogP contribution < -0.4 is 10.6 Å². The molecule has 0 atom stereocenters. The molecule has 0 bridgehead atoms. The number of urea groups is 1. The lowest BCUT2D eigenvalue weighted by Gasteiger charge is -2.27. The lowest BCUT2D eigenvalue weighted by molar-refractivity contribution is -0.120. The Bertz CT molecular complexity index is 967. The molecule has 27 heavy (non-hydrogen) atoms. The van der Waals surface area contributed by atoms with E-state index in [0.717, 1.165) is 23.2 Å². The van der Waals surface area contributed by atoms with Crippen molar-refractivity contribution in [3.05, 3.63) is 65.6 Å².